The molecule has 0 aromatic carbocycles. The van der Waals surface area contributed by atoms with Crippen molar-refractivity contribution < 1.29 is 9.21 Å². The van der Waals surface area contributed by atoms with Crippen molar-refractivity contribution in [3.8, 4) is 0 Å². The van der Waals surface area contributed by atoms with Crippen LogP contribution in [0.2, 0.25) is 0 Å². The third-order valence-electron chi connectivity index (χ3n) is 2.66. The zero-order valence-electron chi connectivity index (χ0n) is 8.46. The van der Waals surface area contributed by atoms with E-state index in [0.717, 1.165) is 29.3 Å². The van der Waals surface area contributed by atoms with Crippen LogP contribution in [0.4, 0.5) is 0 Å². The molecule has 0 radical (unpaired) electrons. The Hall–Kier alpha value is -0.830. The maximum absolute atomic E-state index is 12.0. The van der Waals surface area contributed by atoms with Crippen molar-refractivity contribution in [1.29, 1.82) is 0 Å². The molecule has 0 fully saturated rings. The van der Waals surface area contributed by atoms with Crippen molar-refractivity contribution in [3.63, 3.8) is 0 Å². The van der Waals surface area contributed by atoms with Crippen LogP contribution in [0.3, 0.4) is 0 Å². The number of hydrogen-bond acceptors (Lipinski definition) is 2. The van der Waals surface area contributed by atoms with Crippen LogP contribution in [-0.4, -0.2) is 5.78 Å². The summed E-state index contributed by atoms with van der Waals surface area (Å²) in [6.45, 7) is 0. The van der Waals surface area contributed by atoms with Crippen LogP contribution in [0, 0.1) is 0 Å². The van der Waals surface area contributed by atoms with Crippen molar-refractivity contribution in [3.05, 3.63) is 34.2 Å². The van der Waals surface area contributed by atoms with Crippen molar-refractivity contribution in [1.82, 2.24) is 0 Å². The second-order valence-corrected chi connectivity index (χ2v) is 4.61. The highest BCUT2D eigenvalue weighted by Crippen LogP contribution is 2.25. The molecule has 2 rings (SSSR count). The lowest BCUT2D eigenvalue weighted by Crippen LogP contribution is -2.02. The van der Waals surface area contributed by atoms with Gasteiger partial charge in [0.15, 0.2) is 5.76 Å². The molecular weight excluding hydrogens is 256 g/mol. The standard InChI is InChI=1S/C12H13BrO2/c13-10-7-8-15-12(10)11(14)9-5-3-1-2-4-6-9/h5,7-8H,1-4,6H2. The minimum absolute atomic E-state index is 0.0359. The second-order valence-electron chi connectivity index (χ2n) is 3.76. The van der Waals surface area contributed by atoms with E-state index in [2.05, 4.69) is 22.0 Å². The van der Waals surface area contributed by atoms with Gasteiger partial charge in [-0.05, 0) is 53.3 Å². The molecular formula is C12H13BrO2. The van der Waals surface area contributed by atoms with Gasteiger partial charge in [-0.25, -0.2) is 0 Å². The Morgan fingerprint density at radius 1 is 1.33 bits per heavy atom. The average molecular weight is 269 g/mol. The van der Waals surface area contributed by atoms with E-state index in [1.54, 1.807) is 6.07 Å². The number of halogens is 1. The van der Waals surface area contributed by atoms with Crippen LogP contribution >= 0.6 is 15.9 Å². The van der Waals surface area contributed by atoms with Crippen LogP contribution in [0.25, 0.3) is 0 Å². The second kappa shape index (κ2) is 4.79. The highest BCUT2D eigenvalue weighted by Gasteiger charge is 2.18. The number of Topliss-reactive ketones (excluding diaryl/α,β-unsaturated/α-hetero) is 1. The third kappa shape index (κ3) is 2.40. The van der Waals surface area contributed by atoms with Gasteiger partial charge >= 0.3 is 0 Å². The molecule has 1 aromatic rings. The monoisotopic (exact) mass is 268 g/mol. The summed E-state index contributed by atoms with van der Waals surface area (Å²) < 4.78 is 5.93. The molecule has 2 nitrogen and oxygen atoms in total. The van der Waals surface area contributed by atoms with Gasteiger partial charge in [-0.2, -0.15) is 0 Å². The van der Waals surface area contributed by atoms with Crippen LogP contribution in [0.1, 0.15) is 42.7 Å². The normalized spacial score (nSPS) is 17.0. The molecule has 0 aliphatic heterocycles. The lowest BCUT2D eigenvalue weighted by molar-refractivity contribution is 0.0999. The molecule has 1 aliphatic carbocycles. The molecule has 0 saturated heterocycles. The van der Waals surface area contributed by atoms with Gasteiger partial charge in [-0.3, -0.25) is 4.79 Å². The Balaban J connectivity index is 2.20. The topological polar surface area (TPSA) is 30.2 Å². The fourth-order valence-corrected chi connectivity index (χ4v) is 2.20. The van der Waals surface area contributed by atoms with Crippen LogP contribution in [0.5, 0.6) is 0 Å². The van der Waals surface area contributed by atoms with Crippen molar-refractivity contribution >= 4 is 21.7 Å². The first-order valence-electron chi connectivity index (χ1n) is 5.26. The van der Waals surface area contributed by atoms with Crippen molar-refractivity contribution in [2.45, 2.75) is 32.1 Å². The minimum atomic E-state index is 0.0359. The van der Waals surface area contributed by atoms with Gasteiger partial charge in [0.2, 0.25) is 5.78 Å². The molecule has 3 heteroatoms. The summed E-state index contributed by atoms with van der Waals surface area (Å²) in [4.78, 5) is 12.0. The quantitative estimate of drug-likeness (QED) is 0.756. The first-order chi connectivity index (χ1) is 7.29. The fourth-order valence-electron chi connectivity index (χ4n) is 1.82. The lowest BCUT2D eigenvalue weighted by atomic mass is 10.0. The minimum Gasteiger partial charge on any atom is -0.460 e. The van der Waals surface area contributed by atoms with Gasteiger partial charge in [0.1, 0.15) is 0 Å². The molecule has 15 heavy (non-hydrogen) atoms. The highest BCUT2D eigenvalue weighted by molar-refractivity contribution is 9.10. The van der Waals surface area contributed by atoms with Gasteiger partial charge < -0.3 is 4.42 Å². The molecule has 1 aliphatic rings. The number of hydrogen-bond donors (Lipinski definition) is 0. The SMILES string of the molecule is O=C(C1=CCCCCC1)c1occc1Br. The highest BCUT2D eigenvalue weighted by atomic mass is 79.9. The van der Waals surface area contributed by atoms with Crippen LogP contribution in [0.15, 0.2) is 32.9 Å². The van der Waals surface area contributed by atoms with Gasteiger partial charge in [-0.15, -0.1) is 0 Å². The molecule has 80 valence electrons. The van der Waals surface area contributed by atoms with Gasteiger partial charge in [0.05, 0.1) is 10.7 Å². The summed E-state index contributed by atoms with van der Waals surface area (Å²) in [5.74, 6) is 0.469. The number of ketones is 1. The summed E-state index contributed by atoms with van der Waals surface area (Å²) in [5.41, 5.74) is 0.906. The van der Waals surface area contributed by atoms with E-state index >= 15 is 0 Å². The predicted octanol–water partition coefficient (Wildman–Crippen LogP) is 4.12. The maximum atomic E-state index is 12.0. The van der Waals surface area contributed by atoms with E-state index in [0.29, 0.717) is 5.76 Å². The molecule has 0 N–H and O–H groups in total. The predicted molar refractivity (Wildman–Crippen MR) is 61.9 cm³/mol. The molecule has 0 saturated carbocycles. The van der Waals surface area contributed by atoms with E-state index in [1.807, 2.05) is 0 Å². The molecule has 0 atom stereocenters. The van der Waals surface area contributed by atoms with E-state index in [9.17, 15) is 4.79 Å². The van der Waals surface area contributed by atoms with E-state index in [4.69, 9.17) is 4.42 Å². The zero-order chi connectivity index (χ0) is 10.7. The first kappa shape index (κ1) is 10.7. The Morgan fingerprint density at radius 3 is 2.93 bits per heavy atom. The van der Waals surface area contributed by atoms with Crippen LogP contribution in [-0.2, 0) is 0 Å². The van der Waals surface area contributed by atoms with Gasteiger partial charge in [0, 0.05) is 0 Å². The third-order valence-corrected chi connectivity index (χ3v) is 3.28. The Bertz CT molecular complexity index is 390. The Kier molecular flexibility index (Phi) is 3.41. The molecule has 1 aromatic heterocycles. The Morgan fingerprint density at radius 2 is 2.20 bits per heavy atom. The number of furan rings is 1. The summed E-state index contributed by atoms with van der Waals surface area (Å²) in [6.07, 6.45) is 9.00. The van der Waals surface area contributed by atoms with Crippen molar-refractivity contribution in [2.24, 2.45) is 0 Å². The number of allylic oxidation sites excluding steroid dienone is 2. The fraction of sp³-hybridized carbons (Fsp3) is 0.417. The van der Waals surface area contributed by atoms with Gasteiger partial charge in [0.25, 0.3) is 0 Å². The first-order valence-corrected chi connectivity index (χ1v) is 6.05. The van der Waals surface area contributed by atoms with Crippen molar-refractivity contribution in [2.75, 3.05) is 0 Å². The number of carbonyl (C=O) groups excluding carboxylic acids is 1. The maximum Gasteiger partial charge on any atom is 0.225 e. The summed E-state index contributed by atoms with van der Waals surface area (Å²) >= 11 is 3.31. The lowest BCUT2D eigenvalue weighted by Gasteiger charge is -2.01. The summed E-state index contributed by atoms with van der Waals surface area (Å²) in [5, 5.41) is 0. The number of carbonyl (C=O) groups is 1. The van der Waals surface area contributed by atoms with E-state index in [1.165, 1.54) is 19.1 Å². The Labute approximate surface area is 97.5 Å². The zero-order valence-corrected chi connectivity index (χ0v) is 10.0. The molecule has 0 spiro atoms. The van der Waals surface area contributed by atoms with E-state index in [-0.39, 0.29) is 5.78 Å². The van der Waals surface area contributed by atoms with Crippen LogP contribution < -0.4 is 0 Å². The molecule has 1 heterocycles. The molecule has 0 unspecified atom stereocenters. The molecule has 0 bridgehead atoms. The van der Waals surface area contributed by atoms with Gasteiger partial charge in [-0.1, -0.05) is 12.5 Å². The summed E-state index contributed by atoms with van der Waals surface area (Å²) in [7, 11) is 0. The largest absolute Gasteiger partial charge is 0.460 e. The smallest absolute Gasteiger partial charge is 0.225 e. The number of rotatable bonds is 2. The summed E-state index contributed by atoms with van der Waals surface area (Å²) in [6, 6.07) is 1.75. The molecule has 0 amide bonds. The van der Waals surface area contributed by atoms with E-state index < -0.39 is 0 Å². The average Bonchev–Trinajstić information content (AvgIpc) is 2.53.